The Labute approximate surface area is 107 Å². The lowest BCUT2D eigenvalue weighted by molar-refractivity contribution is 0.170. The number of nitrogens with one attached hydrogen (secondary N) is 1. The highest BCUT2D eigenvalue weighted by molar-refractivity contribution is 7.98. The van der Waals surface area contributed by atoms with Crippen LogP contribution >= 0.6 is 11.8 Å². The van der Waals surface area contributed by atoms with Crippen LogP contribution < -0.4 is 11.1 Å². The first kappa shape index (κ1) is 12.8. The van der Waals surface area contributed by atoms with Crippen LogP contribution in [0.1, 0.15) is 0 Å². The summed E-state index contributed by atoms with van der Waals surface area (Å²) in [7, 11) is 0. The van der Waals surface area contributed by atoms with E-state index < -0.39 is 11.7 Å². The van der Waals surface area contributed by atoms with Gasteiger partial charge in [0.15, 0.2) is 0 Å². The third-order valence-electron chi connectivity index (χ3n) is 2.49. The van der Waals surface area contributed by atoms with Gasteiger partial charge in [-0.2, -0.15) is 11.8 Å². The quantitative estimate of drug-likeness (QED) is 0.801. The number of thioether (sulfide) groups is 1. The highest BCUT2D eigenvalue weighted by atomic mass is 32.2. The van der Waals surface area contributed by atoms with Gasteiger partial charge in [-0.3, -0.25) is 19.7 Å². The van der Waals surface area contributed by atoms with E-state index in [4.69, 9.17) is 0 Å². The van der Waals surface area contributed by atoms with Gasteiger partial charge in [0.25, 0.3) is 11.1 Å². The Kier molecular flexibility index (Phi) is 3.83. The van der Waals surface area contributed by atoms with Gasteiger partial charge < -0.3 is 5.11 Å². The lowest BCUT2D eigenvalue weighted by atomic mass is 10.3. The number of rotatable bonds is 4. The normalized spacial score (nSPS) is 12.8. The lowest BCUT2D eigenvalue weighted by Crippen LogP contribution is -2.34. The van der Waals surface area contributed by atoms with Gasteiger partial charge in [0.2, 0.25) is 0 Å². The maximum Gasteiger partial charge on any atom is 0.289 e. The van der Waals surface area contributed by atoms with Crippen molar-refractivity contribution >= 4 is 22.7 Å². The molecule has 0 aromatic carbocycles. The fraction of sp³-hybridized carbons (Fsp3) is 0.364. The van der Waals surface area contributed by atoms with Crippen molar-refractivity contribution in [1.82, 2.24) is 14.8 Å². The average molecular weight is 267 g/mol. The van der Waals surface area contributed by atoms with Crippen LogP contribution in [0.4, 0.5) is 0 Å². The molecule has 0 amide bonds. The molecule has 2 heterocycles. The number of hydrogen-bond acceptors (Lipinski definition) is 5. The molecule has 7 heteroatoms. The molecular weight excluding hydrogens is 254 g/mol. The van der Waals surface area contributed by atoms with Crippen molar-refractivity contribution in [3.05, 3.63) is 39.0 Å². The molecule has 0 saturated carbocycles. The van der Waals surface area contributed by atoms with Crippen molar-refractivity contribution in [3.8, 4) is 0 Å². The first-order valence-corrected chi connectivity index (χ1v) is 6.77. The first-order chi connectivity index (χ1) is 8.63. The number of aromatic amines is 1. The predicted molar refractivity (Wildman–Crippen MR) is 71.0 cm³/mol. The summed E-state index contributed by atoms with van der Waals surface area (Å²) < 4.78 is 1.13. The van der Waals surface area contributed by atoms with Crippen molar-refractivity contribution in [2.45, 2.75) is 12.6 Å². The molecule has 0 fully saturated rings. The summed E-state index contributed by atoms with van der Waals surface area (Å²) in [6, 6.07) is 3.16. The second kappa shape index (κ2) is 5.36. The first-order valence-electron chi connectivity index (χ1n) is 5.38. The average Bonchev–Trinajstić information content (AvgIpc) is 2.36. The van der Waals surface area contributed by atoms with Crippen LogP contribution in [0.2, 0.25) is 0 Å². The van der Waals surface area contributed by atoms with E-state index >= 15 is 0 Å². The highest BCUT2D eigenvalue weighted by Crippen LogP contribution is 2.01. The molecule has 6 nitrogen and oxygen atoms in total. The van der Waals surface area contributed by atoms with Crippen molar-refractivity contribution in [3.63, 3.8) is 0 Å². The van der Waals surface area contributed by atoms with E-state index in [-0.39, 0.29) is 23.0 Å². The Hall–Kier alpha value is -1.60. The Morgan fingerprint density at radius 1 is 1.56 bits per heavy atom. The van der Waals surface area contributed by atoms with Crippen LogP contribution in [0, 0.1) is 0 Å². The Morgan fingerprint density at radius 2 is 2.33 bits per heavy atom. The van der Waals surface area contributed by atoms with E-state index in [2.05, 4.69) is 10.1 Å². The summed E-state index contributed by atoms with van der Waals surface area (Å²) in [6.07, 6.45) is 2.64. The van der Waals surface area contributed by atoms with Crippen LogP contribution in [0.5, 0.6) is 0 Å². The summed E-state index contributed by atoms with van der Waals surface area (Å²) in [5, 5.41) is 12.4. The number of fused-ring (bicyclic) bond motifs is 1. The van der Waals surface area contributed by atoms with E-state index in [0.717, 1.165) is 4.68 Å². The minimum atomic E-state index is -0.678. The van der Waals surface area contributed by atoms with E-state index in [0.29, 0.717) is 5.75 Å². The largest absolute Gasteiger partial charge is 0.390 e. The minimum Gasteiger partial charge on any atom is -0.390 e. The van der Waals surface area contributed by atoms with Crippen LogP contribution in [0.25, 0.3) is 10.9 Å². The Bertz CT molecular complexity index is 664. The van der Waals surface area contributed by atoms with Gasteiger partial charge in [-0.15, -0.1) is 0 Å². The van der Waals surface area contributed by atoms with Crippen LogP contribution in [-0.2, 0) is 6.54 Å². The van der Waals surface area contributed by atoms with Gasteiger partial charge in [0, 0.05) is 11.9 Å². The molecule has 2 rings (SSSR count). The Balaban J connectivity index is 2.50. The molecule has 1 atom stereocenters. The summed E-state index contributed by atoms with van der Waals surface area (Å²) in [4.78, 5) is 27.7. The fourth-order valence-corrected chi connectivity index (χ4v) is 2.21. The maximum atomic E-state index is 12.1. The molecule has 0 aliphatic heterocycles. The second-order valence-electron chi connectivity index (χ2n) is 3.87. The van der Waals surface area contributed by atoms with Crippen molar-refractivity contribution in [1.29, 1.82) is 0 Å². The number of aliphatic hydroxyl groups excluding tert-OH is 1. The molecule has 2 aromatic heterocycles. The molecule has 18 heavy (non-hydrogen) atoms. The smallest absolute Gasteiger partial charge is 0.289 e. The molecule has 0 aliphatic rings. The van der Waals surface area contributed by atoms with Gasteiger partial charge in [0.05, 0.1) is 18.0 Å². The van der Waals surface area contributed by atoms with Crippen LogP contribution in [-0.4, -0.2) is 38.0 Å². The monoisotopic (exact) mass is 267 g/mol. The minimum absolute atomic E-state index is 0.0692. The van der Waals surface area contributed by atoms with Crippen molar-refractivity contribution < 1.29 is 5.11 Å². The maximum absolute atomic E-state index is 12.1. The number of pyridine rings is 1. The molecule has 2 aromatic rings. The van der Waals surface area contributed by atoms with Crippen molar-refractivity contribution in [2.24, 2.45) is 0 Å². The number of nitrogens with zero attached hydrogens (tertiary/aromatic N) is 2. The summed E-state index contributed by atoms with van der Waals surface area (Å²) in [5.74, 6) is 0.500. The van der Waals surface area contributed by atoms with Gasteiger partial charge in [-0.1, -0.05) is 0 Å². The second-order valence-corrected chi connectivity index (χ2v) is 4.78. The molecule has 0 bridgehead atoms. The summed E-state index contributed by atoms with van der Waals surface area (Å²) in [6.45, 7) is 0.0692. The molecule has 96 valence electrons. The number of aromatic nitrogens is 3. The third-order valence-corrected chi connectivity index (χ3v) is 3.21. The number of hydrogen-bond donors (Lipinski definition) is 2. The molecular formula is C11H13N3O3S. The molecule has 2 N–H and O–H groups in total. The van der Waals surface area contributed by atoms with E-state index in [1.165, 1.54) is 18.0 Å². The number of H-pyrrole nitrogens is 1. The SMILES string of the molecule is CSCC(O)Cn1[nH]c(=O)c2ncccc2c1=O. The van der Waals surface area contributed by atoms with E-state index in [1.54, 1.807) is 12.1 Å². The standard InChI is InChI=1S/C11H13N3O3S/c1-18-6-7(15)5-14-11(17)8-3-2-4-12-9(8)10(16)13-14/h2-4,7,15H,5-6H2,1H3,(H,13,16). The molecule has 0 aliphatic carbocycles. The van der Waals surface area contributed by atoms with Crippen LogP contribution in [0.15, 0.2) is 27.9 Å². The zero-order valence-electron chi connectivity index (χ0n) is 9.79. The predicted octanol–water partition coefficient (Wildman–Crippen LogP) is -0.191. The zero-order valence-corrected chi connectivity index (χ0v) is 10.6. The highest BCUT2D eigenvalue weighted by Gasteiger charge is 2.11. The van der Waals surface area contributed by atoms with Crippen LogP contribution in [0.3, 0.4) is 0 Å². The van der Waals surface area contributed by atoms with Gasteiger partial charge in [-0.05, 0) is 18.4 Å². The summed E-state index contributed by atoms with van der Waals surface area (Å²) in [5.41, 5.74) is -0.655. The van der Waals surface area contributed by atoms with Gasteiger partial charge >= 0.3 is 0 Å². The molecule has 0 spiro atoms. The van der Waals surface area contributed by atoms with E-state index in [1.807, 2.05) is 6.26 Å². The third kappa shape index (κ3) is 2.46. The van der Waals surface area contributed by atoms with E-state index in [9.17, 15) is 14.7 Å². The van der Waals surface area contributed by atoms with Crippen molar-refractivity contribution in [2.75, 3.05) is 12.0 Å². The molecule has 1 unspecified atom stereocenters. The number of aliphatic hydroxyl groups is 1. The molecule has 0 radical (unpaired) electrons. The fourth-order valence-electron chi connectivity index (χ4n) is 1.71. The topological polar surface area (TPSA) is 88.0 Å². The summed E-state index contributed by atoms with van der Waals surface area (Å²) >= 11 is 1.47. The van der Waals surface area contributed by atoms with Gasteiger partial charge in [-0.25, -0.2) is 4.68 Å². The van der Waals surface area contributed by atoms with Gasteiger partial charge in [0.1, 0.15) is 5.52 Å². The Morgan fingerprint density at radius 3 is 3.06 bits per heavy atom. The zero-order chi connectivity index (χ0) is 13.1. The lowest BCUT2D eigenvalue weighted by Gasteiger charge is -2.11. The molecule has 0 saturated heterocycles.